The Morgan fingerprint density at radius 2 is 1.81 bits per heavy atom. The number of carbonyl (C=O) groups is 1. The van der Waals surface area contributed by atoms with Crippen molar-refractivity contribution in [3.05, 3.63) is 54.9 Å². The Morgan fingerprint density at radius 3 is 2.43 bits per heavy atom. The number of nitrogen functional groups attached to an aromatic ring is 1. The zero-order valence-corrected chi connectivity index (χ0v) is 11.7. The largest absolute Gasteiger partial charge is 0.399 e. The normalized spacial score (nSPS) is 21.4. The predicted molar refractivity (Wildman–Crippen MR) is 81.5 cm³/mol. The molecule has 2 aromatic rings. The van der Waals surface area contributed by atoms with Crippen molar-refractivity contribution in [1.29, 1.82) is 0 Å². The molecule has 0 bridgehead atoms. The Hall–Kier alpha value is -2.56. The van der Waals surface area contributed by atoms with E-state index in [1.54, 1.807) is 0 Å². The summed E-state index contributed by atoms with van der Waals surface area (Å²) in [6, 6.07) is 13.5. The average molecular weight is 283 g/mol. The van der Waals surface area contributed by atoms with Crippen molar-refractivity contribution in [2.24, 2.45) is 5.73 Å². The summed E-state index contributed by atoms with van der Waals surface area (Å²) in [5.41, 5.74) is 13.0. The Morgan fingerprint density at radius 1 is 1.14 bits per heavy atom. The van der Waals surface area contributed by atoms with Crippen LogP contribution in [0.5, 0.6) is 0 Å². The molecule has 0 aliphatic carbocycles. The maximum absolute atomic E-state index is 11.8. The molecule has 3 rings (SSSR count). The number of benzene rings is 1. The smallest absolute Gasteiger partial charge is 0.240 e. The molecule has 0 spiro atoms. The summed E-state index contributed by atoms with van der Waals surface area (Å²) in [6.07, 6.45) is 4.76. The lowest BCUT2D eigenvalue weighted by atomic mass is 10.1. The predicted octanol–water partition coefficient (Wildman–Crippen LogP) is 0.862. The first-order valence-electron chi connectivity index (χ1n) is 7.02. The van der Waals surface area contributed by atoms with E-state index in [1.807, 2.05) is 54.9 Å². The van der Waals surface area contributed by atoms with Gasteiger partial charge in [-0.05, 0) is 24.3 Å². The summed E-state index contributed by atoms with van der Waals surface area (Å²) < 4.78 is 2.13. The highest BCUT2D eigenvalue weighted by Crippen LogP contribution is 2.29. The molecule has 1 aromatic carbocycles. The summed E-state index contributed by atoms with van der Waals surface area (Å²) in [5.74, 6) is -0.286. The second-order valence-electron chi connectivity index (χ2n) is 5.37. The van der Waals surface area contributed by atoms with E-state index in [2.05, 4.69) is 9.47 Å². The first kappa shape index (κ1) is 13.4. The van der Waals surface area contributed by atoms with Gasteiger partial charge in [0.15, 0.2) is 18.4 Å². The van der Waals surface area contributed by atoms with Crippen molar-refractivity contribution in [3.63, 3.8) is 0 Å². The molecule has 5 nitrogen and oxygen atoms in total. The summed E-state index contributed by atoms with van der Waals surface area (Å²) in [5, 5.41) is 0. The minimum atomic E-state index is -0.286. The van der Waals surface area contributed by atoms with Gasteiger partial charge in [0.2, 0.25) is 5.91 Å². The van der Waals surface area contributed by atoms with Crippen molar-refractivity contribution < 1.29 is 9.36 Å². The van der Waals surface area contributed by atoms with Gasteiger partial charge in [0.1, 0.15) is 6.04 Å². The zero-order chi connectivity index (χ0) is 14.8. The highest BCUT2D eigenvalue weighted by molar-refractivity contribution is 5.84. The minimum absolute atomic E-state index is 0.237. The Balaban J connectivity index is 1.88. The van der Waals surface area contributed by atoms with Crippen LogP contribution in [-0.2, 0) is 4.79 Å². The maximum atomic E-state index is 11.8. The van der Waals surface area contributed by atoms with Gasteiger partial charge >= 0.3 is 0 Å². The first-order valence-corrected chi connectivity index (χ1v) is 7.02. The van der Waals surface area contributed by atoms with E-state index in [1.165, 1.54) is 0 Å². The van der Waals surface area contributed by atoms with Crippen LogP contribution in [0, 0.1) is 0 Å². The number of hydrogen-bond acceptors (Lipinski definition) is 3. The van der Waals surface area contributed by atoms with Crippen molar-refractivity contribution in [2.75, 3.05) is 17.2 Å². The average Bonchev–Trinajstić information content (AvgIpc) is 2.94. The lowest BCUT2D eigenvalue weighted by molar-refractivity contribution is -0.718. The quantitative estimate of drug-likeness (QED) is 0.648. The molecule has 1 fully saturated rings. The third-order valence-electron chi connectivity index (χ3n) is 3.99. The number of primary amides is 1. The molecular formula is C16H19N4O+. The van der Waals surface area contributed by atoms with E-state index in [0.717, 1.165) is 12.2 Å². The molecule has 2 atom stereocenters. The second-order valence-corrected chi connectivity index (χ2v) is 5.37. The van der Waals surface area contributed by atoms with Crippen LogP contribution in [0.3, 0.4) is 0 Å². The number of pyridine rings is 1. The molecule has 4 N–H and O–H groups in total. The highest BCUT2D eigenvalue weighted by Gasteiger charge is 2.40. The van der Waals surface area contributed by atoms with E-state index in [4.69, 9.17) is 11.5 Å². The third kappa shape index (κ3) is 2.67. The van der Waals surface area contributed by atoms with Gasteiger partial charge in [0.05, 0.1) is 6.54 Å². The monoisotopic (exact) mass is 283 g/mol. The summed E-state index contributed by atoms with van der Waals surface area (Å²) in [7, 11) is 0. The van der Waals surface area contributed by atoms with Crippen LogP contribution in [0.2, 0.25) is 0 Å². The van der Waals surface area contributed by atoms with Crippen molar-refractivity contribution >= 4 is 17.3 Å². The van der Waals surface area contributed by atoms with Crippen LogP contribution in [0.1, 0.15) is 12.5 Å². The molecule has 1 saturated heterocycles. The zero-order valence-electron chi connectivity index (χ0n) is 11.7. The van der Waals surface area contributed by atoms with Gasteiger partial charge in [-0.1, -0.05) is 6.07 Å². The van der Waals surface area contributed by atoms with E-state index in [0.29, 0.717) is 12.1 Å². The first-order chi connectivity index (χ1) is 10.1. The third-order valence-corrected chi connectivity index (χ3v) is 3.99. The number of hydrogen-bond donors (Lipinski definition) is 2. The number of nitrogens with two attached hydrogens (primary N) is 2. The topological polar surface area (TPSA) is 76.2 Å². The number of rotatable bonds is 3. The Labute approximate surface area is 123 Å². The Bertz CT molecular complexity index is 626. The highest BCUT2D eigenvalue weighted by atomic mass is 16.1. The van der Waals surface area contributed by atoms with Gasteiger partial charge in [0.25, 0.3) is 0 Å². The lowest BCUT2D eigenvalue weighted by Crippen LogP contribution is -2.41. The Kier molecular flexibility index (Phi) is 3.48. The van der Waals surface area contributed by atoms with Crippen LogP contribution < -0.4 is 20.9 Å². The van der Waals surface area contributed by atoms with Gasteiger partial charge < -0.3 is 16.4 Å². The second kappa shape index (κ2) is 5.44. The summed E-state index contributed by atoms with van der Waals surface area (Å²) >= 11 is 0. The van der Waals surface area contributed by atoms with Gasteiger partial charge in [-0.2, -0.15) is 0 Å². The lowest BCUT2D eigenvalue weighted by Gasteiger charge is -2.23. The van der Waals surface area contributed by atoms with E-state index < -0.39 is 0 Å². The molecular weight excluding hydrogens is 264 g/mol. The van der Waals surface area contributed by atoms with E-state index in [-0.39, 0.29) is 18.0 Å². The van der Waals surface area contributed by atoms with Crippen LogP contribution in [0.25, 0.3) is 0 Å². The number of anilines is 2. The number of nitrogens with zero attached hydrogens (tertiary/aromatic N) is 2. The van der Waals surface area contributed by atoms with Gasteiger partial charge in [-0.25, -0.2) is 4.57 Å². The SMILES string of the molecule is NC(=O)C1CC([n+]2ccccc2)CN1c1ccc(N)cc1. The molecule has 1 amide bonds. The van der Waals surface area contributed by atoms with Crippen LogP contribution in [-0.4, -0.2) is 18.5 Å². The standard InChI is InChI=1S/C16H18N4O/c17-12-4-6-13(7-5-12)20-11-14(10-15(20)16(18)21)19-8-2-1-3-9-19/h1-9,14-15H,10-11,17H2,(H-,18,21)/p+1. The molecule has 1 aliphatic rings. The summed E-state index contributed by atoms with van der Waals surface area (Å²) in [4.78, 5) is 13.8. The van der Waals surface area contributed by atoms with E-state index >= 15 is 0 Å². The maximum Gasteiger partial charge on any atom is 0.240 e. The molecule has 5 heteroatoms. The molecule has 1 aliphatic heterocycles. The fraction of sp³-hybridized carbons (Fsp3) is 0.250. The molecule has 0 saturated carbocycles. The molecule has 1 aromatic heterocycles. The number of aromatic nitrogens is 1. The summed E-state index contributed by atoms with van der Waals surface area (Å²) in [6.45, 7) is 0.756. The molecule has 2 heterocycles. The van der Waals surface area contributed by atoms with Crippen LogP contribution >= 0.6 is 0 Å². The van der Waals surface area contributed by atoms with Gasteiger partial charge in [-0.3, -0.25) is 4.79 Å². The van der Waals surface area contributed by atoms with Gasteiger partial charge in [-0.15, -0.1) is 0 Å². The number of amides is 1. The van der Waals surface area contributed by atoms with Crippen LogP contribution in [0.4, 0.5) is 11.4 Å². The van der Waals surface area contributed by atoms with E-state index in [9.17, 15) is 4.79 Å². The molecule has 0 radical (unpaired) electrons. The minimum Gasteiger partial charge on any atom is -0.399 e. The molecule has 21 heavy (non-hydrogen) atoms. The van der Waals surface area contributed by atoms with Gasteiger partial charge in [0, 0.05) is 29.9 Å². The molecule has 108 valence electrons. The molecule has 2 unspecified atom stereocenters. The van der Waals surface area contributed by atoms with Crippen LogP contribution in [0.15, 0.2) is 54.9 Å². The number of carbonyl (C=O) groups excluding carboxylic acids is 1. The fourth-order valence-corrected chi connectivity index (χ4v) is 2.91. The fourth-order valence-electron chi connectivity index (χ4n) is 2.91. The van der Waals surface area contributed by atoms with Crippen molar-refractivity contribution in [2.45, 2.75) is 18.5 Å². The van der Waals surface area contributed by atoms with Crippen molar-refractivity contribution in [1.82, 2.24) is 0 Å². The van der Waals surface area contributed by atoms with Crippen molar-refractivity contribution in [3.8, 4) is 0 Å².